The summed E-state index contributed by atoms with van der Waals surface area (Å²) in [6.07, 6.45) is 19.9. The number of halogens is 7. The Kier molecular flexibility index (Phi) is 16.8. The fourth-order valence-corrected chi connectivity index (χ4v) is 28.5. The lowest BCUT2D eigenvalue weighted by Gasteiger charge is -2.37. The van der Waals surface area contributed by atoms with E-state index in [4.69, 9.17) is 25.2 Å². The predicted octanol–water partition coefficient (Wildman–Crippen LogP) is 11.2. The van der Waals surface area contributed by atoms with E-state index in [1.807, 2.05) is 19.1 Å². The van der Waals surface area contributed by atoms with E-state index in [0.29, 0.717) is 0 Å². The molecule has 0 radical (unpaired) electrons. The summed E-state index contributed by atoms with van der Waals surface area (Å²) in [7, 11) is -3.70. The third-order valence-electron chi connectivity index (χ3n) is 17.3. The Morgan fingerprint density at radius 2 is 0.303 bits per heavy atom. The molecule has 440 valence electrons. The summed E-state index contributed by atoms with van der Waals surface area (Å²) >= 11 is 0. The molecule has 12 heteroatoms. The maximum absolute atomic E-state index is 14.8. The van der Waals surface area contributed by atoms with Gasteiger partial charge in [-0.3, -0.25) is 0 Å². The maximum Gasteiger partial charge on any atom is 0.179 e. The van der Waals surface area contributed by atoms with Gasteiger partial charge >= 0.3 is 0 Å². The first-order valence-electron chi connectivity index (χ1n) is 28.6. The van der Waals surface area contributed by atoms with Crippen LogP contribution in [0.3, 0.4) is 0 Å². The van der Waals surface area contributed by atoms with Crippen LogP contribution in [0, 0.1) is 47.6 Å². The minimum absolute atomic E-state index is 0.353. The highest BCUT2D eigenvalue weighted by molar-refractivity contribution is 7.94. The van der Waals surface area contributed by atoms with Crippen molar-refractivity contribution in [1.29, 1.82) is 0 Å². The molecule has 12 rings (SSSR count). The molecule has 1 atom stereocenters. The molecule has 0 aliphatic rings. The summed E-state index contributed by atoms with van der Waals surface area (Å²) < 4.78 is 103. The Hall–Kier alpha value is -8.43. The van der Waals surface area contributed by atoms with Crippen molar-refractivity contribution in [2.75, 3.05) is 0 Å². The highest BCUT2D eigenvalue weighted by Gasteiger charge is 2.43. The van der Waals surface area contributed by atoms with E-state index in [1.54, 1.807) is 72.8 Å². The second kappa shape index (κ2) is 24.5. The van der Waals surface area contributed by atoms with Gasteiger partial charge in [0, 0.05) is 0 Å². The van der Waals surface area contributed by atoms with Crippen molar-refractivity contribution in [3.63, 3.8) is 0 Å². The zero-order valence-electron chi connectivity index (χ0n) is 48.5. The van der Waals surface area contributed by atoms with Crippen LogP contribution in [0.2, 0.25) is 0 Å². The minimum atomic E-state index is -3.70. The number of aryl methyl sites for hydroxylation is 1. The fourth-order valence-electron chi connectivity index (χ4n) is 12.3. The summed E-state index contributed by atoms with van der Waals surface area (Å²) in [5.41, 5.74) is 1.09. The van der Waals surface area contributed by atoms with Crippen molar-refractivity contribution in [3.8, 4) is 0 Å². The molecule has 0 fully saturated rings. The van der Waals surface area contributed by atoms with Gasteiger partial charge in [0.2, 0.25) is 0 Å². The molecule has 0 aliphatic heterocycles. The Labute approximate surface area is 517 Å². The Balaban J connectivity index is 1.14. The third-order valence-corrected chi connectivity index (χ3v) is 36.3. The Bertz CT molecular complexity index is 3900. The molecular weight excluding hydrogens is 1210 g/mol. The highest BCUT2D eigenvalue weighted by Crippen LogP contribution is 2.45. The molecule has 0 aliphatic carbocycles. The van der Waals surface area contributed by atoms with Crippen molar-refractivity contribution in [2.45, 2.75) is 6.92 Å². The molecule has 12 aromatic rings. The number of benzene rings is 12. The second-order valence-corrected chi connectivity index (χ2v) is 38.8. The zero-order valence-corrected chi connectivity index (χ0v) is 53.1. The molecule has 0 saturated heterocycles. The lowest BCUT2D eigenvalue weighted by atomic mass is 10.2. The lowest BCUT2D eigenvalue weighted by Crippen LogP contribution is -2.75. The Morgan fingerprint density at radius 3 is 0.438 bits per heavy atom. The monoisotopic (exact) mass is 1270 g/mol. The van der Waals surface area contributed by atoms with Crippen LogP contribution in [0.25, 0.3) is 0 Å². The number of hydrogen-bond acceptors (Lipinski definition) is 0. The van der Waals surface area contributed by atoms with Crippen LogP contribution in [-0.2, 0) is 0 Å². The van der Waals surface area contributed by atoms with Crippen molar-refractivity contribution in [1.82, 2.24) is 0 Å². The first-order valence-corrected chi connectivity index (χ1v) is 38.5. The van der Waals surface area contributed by atoms with Gasteiger partial charge in [-0.15, -0.1) is 0 Å². The number of hydrogen-bond donors (Lipinski definition) is 0. The third kappa shape index (κ3) is 11.1. The van der Waals surface area contributed by atoms with Crippen LogP contribution >= 0.6 is 27.5 Å². The summed E-state index contributed by atoms with van der Waals surface area (Å²) in [4.78, 5) is 0. The van der Waals surface area contributed by atoms with E-state index in [2.05, 4.69) is 121 Å². The Morgan fingerprint density at radius 1 is 0.191 bits per heavy atom. The van der Waals surface area contributed by atoms with Gasteiger partial charge in [-0.25, -0.2) is 30.7 Å². The maximum atomic E-state index is 14.8. The summed E-state index contributed by atoms with van der Waals surface area (Å²) in [6.45, 7) is -9.10. The topological polar surface area (TPSA) is 0 Å². The minimum Gasteiger partial charge on any atom is -0.207 e. The van der Waals surface area contributed by atoms with Gasteiger partial charge in [0.05, 0.1) is 0 Å². The fraction of sp³-hybridized carbons (Fsp3) is 0.0130. The quantitative estimate of drug-likeness (QED) is 0.0391. The van der Waals surface area contributed by atoms with Crippen LogP contribution in [0.5, 0.6) is 0 Å². The summed E-state index contributed by atoms with van der Waals surface area (Å²) in [6, 6.07) is 87.1. The van der Waals surface area contributed by atoms with Crippen molar-refractivity contribution < 1.29 is 30.7 Å². The van der Waals surface area contributed by atoms with Crippen molar-refractivity contribution in [2.24, 2.45) is 0 Å². The standard InChI is InChI=1S/C77H59F7P4Si/c1-54-6-22-62(23-7-54)85(2,63-24-8-55(78)9-25-63)70-38-46-74(47-39-70)89(75-48-40-71(41-49-75)86(3,64-26-10-56(79)11-27-64)65-28-12-57(80)13-29-65,76-50-42-72(43-51-76)87(4,66-30-14-58(81)15-31-66)67-32-16-59(82)17-33-67)77-52-44-73(45-53-77)88(5,68-34-18-60(83)19-35-68)69-36-20-61(84)21-37-69/h6-53H,2-5H2,1H3. The first-order chi connectivity index (χ1) is 42.8. The summed E-state index contributed by atoms with van der Waals surface area (Å²) in [5, 5.41) is 14.1. The van der Waals surface area contributed by atoms with Gasteiger partial charge in [-0.2, -0.15) is 0 Å². The average Bonchev–Trinajstić information content (AvgIpc) is 0.849. The normalized spacial score (nSPS) is 12.8. The van der Waals surface area contributed by atoms with Gasteiger partial charge < -0.3 is 0 Å². The second-order valence-electron chi connectivity index (χ2n) is 22.3. The van der Waals surface area contributed by atoms with E-state index < -0.39 is 70.5 Å². The molecule has 1 unspecified atom stereocenters. The average molecular weight is 1270 g/mol. The summed E-state index contributed by atoms with van der Waals surface area (Å²) in [5.74, 6) is -2.74. The first kappa shape index (κ1) is 60.8. The zero-order chi connectivity index (χ0) is 62.3. The molecule has 12 aromatic carbocycles. The van der Waals surface area contributed by atoms with Crippen molar-refractivity contribution >= 4 is 145 Å². The van der Waals surface area contributed by atoms with E-state index in [-0.39, 0.29) is 5.82 Å². The smallest absolute Gasteiger partial charge is 0.179 e. The predicted molar refractivity (Wildman–Crippen MR) is 378 cm³/mol. The van der Waals surface area contributed by atoms with Crippen LogP contribution in [0.1, 0.15) is 5.56 Å². The molecule has 0 aromatic heterocycles. The van der Waals surface area contributed by atoms with E-state index in [0.717, 1.165) is 90.0 Å². The van der Waals surface area contributed by atoms with Gasteiger partial charge in [0.25, 0.3) is 0 Å². The van der Waals surface area contributed by atoms with Gasteiger partial charge in [0.15, 0.2) is 8.07 Å². The van der Waals surface area contributed by atoms with Crippen LogP contribution < -0.4 is 84.4 Å². The van der Waals surface area contributed by atoms with Crippen LogP contribution in [0.15, 0.2) is 291 Å². The molecule has 0 saturated carbocycles. The van der Waals surface area contributed by atoms with Gasteiger partial charge in [-0.05, 0) is 204 Å². The van der Waals surface area contributed by atoms with Crippen LogP contribution in [0.4, 0.5) is 30.7 Å². The molecule has 0 bridgehead atoms. The van der Waals surface area contributed by atoms with E-state index >= 15 is 0 Å². The van der Waals surface area contributed by atoms with Crippen molar-refractivity contribution in [3.05, 3.63) is 337 Å². The SMILES string of the molecule is C=P(c1ccc(C)cc1)(c1ccc(F)cc1)c1ccc([Si](c2ccc(P(=C)(c3ccc(F)cc3)c3ccc(F)cc3)cc2)(c2ccc(P(=C)(c3ccc(F)cc3)c3ccc(F)cc3)cc2)c2ccc(P(=C)(c3ccc(F)cc3)c3ccc(F)cc3)cc2)cc1. The van der Waals surface area contributed by atoms with Gasteiger partial charge in [0.1, 0.15) is 40.7 Å². The molecule has 0 nitrogen and oxygen atoms in total. The molecule has 0 heterocycles. The molecular formula is C77H59F7P4Si. The van der Waals surface area contributed by atoms with E-state index in [1.165, 1.54) is 84.9 Å². The van der Waals surface area contributed by atoms with Crippen LogP contribution in [-0.4, -0.2) is 33.3 Å². The molecule has 0 amide bonds. The van der Waals surface area contributed by atoms with E-state index in [9.17, 15) is 30.7 Å². The highest BCUT2D eigenvalue weighted by atomic mass is 31.2. The molecule has 0 N–H and O–H groups in total. The number of rotatable bonds is 16. The largest absolute Gasteiger partial charge is 0.207 e. The van der Waals surface area contributed by atoms with Gasteiger partial charge in [-0.1, -0.05) is 237 Å². The molecule has 89 heavy (non-hydrogen) atoms. The molecule has 0 spiro atoms. The lowest BCUT2D eigenvalue weighted by molar-refractivity contribution is 0.628.